The molecule has 8 heteroatoms. The molecule has 2 aromatic rings. The summed E-state index contributed by atoms with van der Waals surface area (Å²) >= 11 is 12.4. The third-order valence-corrected chi connectivity index (χ3v) is 5.81. The average molecular weight is 364 g/mol. The number of nitrogens with one attached hydrogen (secondary N) is 1. The number of aryl methyl sites for hydroxylation is 2. The zero-order valence-electron chi connectivity index (χ0n) is 12.7. The van der Waals surface area contributed by atoms with Crippen molar-refractivity contribution in [3.8, 4) is 0 Å². The van der Waals surface area contributed by atoms with Gasteiger partial charge in [0.05, 0.1) is 15.6 Å². The predicted octanol–water partition coefficient (Wildman–Crippen LogP) is 3.04. The Bertz CT molecular complexity index is 785. The van der Waals surface area contributed by atoms with E-state index in [0.717, 1.165) is 20.9 Å². The molecule has 0 unspecified atom stereocenters. The lowest BCUT2D eigenvalue weighted by Crippen LogP contribution is -2.36. The van der Waals surface area contributed by atoms with E-state index in [9.17, 15) is 8.42 Å². The number of rotatable bonds is 6. The van der Waals surface area contributed by atoms with Gasteiger partial charge in [0.1, 0.15) is 0 Å². The van der Waals surface area contributed by atoms with E-state index in [1.165, 1.54) is 14.1 Å². The highest BCUT2D eigenvalue weighted by molar-refractivity contribution is 7.87. The number of halogens is 2. The van der Waals surface area contributed by atoms with Crippen LogP contribution in [0.3, 0.4) is 0 Å². The van der Waals surface area contributed by atoms with E-state index in [1.807, 2.05) is 19.1 Å². The first-order chi connectivity index (χ1) is 10.2. The van der Waals surface area contributed by atoms with Crippen LogP contribution in [-0.4, -0.2) is 37.9 Å². The van der Waals surface area contributed by atoms with Gasteiger partial charge in [0, 0.05) is 38.3 Å². The Kier molecular flexibility index (Phi) is 5.40. The second-order valence-corrected chi connectivity index (χ2v) is 8.03. The van der Waals surface area contributed by atoms with Crippen molar-refractivity contribution in [2.24, 2.45) is 0 Å². The van der Waals surface area contributed by atoms with E-state index >= 15 is 0 Å². The Morgan fingerprint density at radius 3 is 2.59 bits per heavy atom. The monoisotopic (exact) mass is 363 g/mol. The maximum atomic E-state index is 11.6. The van der Waals surface area contributed by atoms with E-state index in [2.05, 4.69) is 9.29 Å². The fourth-order valence-electron chi connectivity index (χ4n) is 2.28. The fraction of sp³-hybridized carbons (Fsp3) is 0.429. The van der Waals surface area contributed by atoms with E-state index < -0.39 is 10.2 Å². The minimum Gasteiger partial charge on any atom is -0.344 e. The van der Waals surface area contributed by atoms with Crippen molar-refractivity contribution in [2.75, 3.05) is 20.6 Å². The lowest BCUT2D eigenvalue weighted by molar-refractivity contribution is 0.501. The number of benzene rings is 1. The summed E-state index contributed by atoms with van der Waals surface area (Å²) in [6.07, 6.45) is 0.653. The van der Waals surface area contributed by atoms with Crippen LogP contribution < -0.4 is 4.72 Å². The van der Waals surface area contributed by atoms with Crippen molar-refractivity contribution in [1.82, 2.24) is 13.6 Å². The Hall–Kier alpha value is -0.790. The average Bonchev–Trinajstić information content (AvgIpc) is 2.76. The topological polar surface area (TPSA) is 54.3 Å². The molecule has 0 saturated carbocycles. The van der Waals surface area contributed by atoms with Crippen molar-refractivity contribution >= 4 is 44.3 Å². The summed E-state index contributed by atoms with van der Waals surface area (Å²) in [5.74, 6) is 0. The van der Waals surface area contributed by atoms with Crippen LogP contribution in [0, 0.1) is 6.92 Å². The third kappa shape index (κ3) is 3.58. The van der Waals surface area contributed by atoms with Gasteiger partial charge in [0.2, 0.25) is 0 Å². The molecule has 0 aliphatic heterocycles. The normalized spacial score (nSPS) is 12.5. The molecule has 1 aromatic heterocycles. The van der Waals surface area contributed by atoms with Crippen LogP contribution in [0.15, 0.2) is 18.2 Å². The first-order valence-corrected chi connectivity index (χ1v) is 9.04. The van der Waals surface area contributed by atoms with Crippen LogP contribution in [0.25, 0.3) is 10.9 Å². The zero-order chi connectivity index (χ0) is 16.5. The number of hydrogen-bond acceptors (Lipinski definition) is 2. The molecule has 0 saturated heterocycles. The van der Waals surface area contributed by atoms with Gasteiger partial charge in [-0.25, -0.2) is 4.72 Å². The van der Waals surface area contributed by atoms with Crippen molar-refractivity contribution in [2.45, 2.75) is 19.9 Å². The second kappa shape index (κ2) is 6.76. The van der Waals surface area contributed by atoms with E-state index in [0.29, 0.717) is 29.6 Å². The lowest BCUT2D eigenvalue weighted by atomic mass is 10.2. The maximum Gasteiger partial charge on any atom is 0.278 e. The molecule has 1 aromatic carbocycles. The van der Waals surface area contributed by atoms with Gasteiger partial charge in [-0.1, -0.05) is 29.3 Å². The van der Waals surface area contributed by atoms with Gasteiger partial charge in [-0.3, -0.25) is 0 Å². The van der Waals surface area contributed by atoms with Crippen LogP contribution in [0.5, 0.6) is 0 Å². The molecule has 0 spiro atoms. The van der Waals surface area contributed by atoms with Gasteiger partial charge < -0.3 is 4.57 Å². The minimum absolute atomic E-state index is 0.359. The molecule has 0 aliphatic rings. The molecule has 0 fully saturated rings. The van der Waals surface area contributed by atoms with Crippen molar-refractivity contribution < 1.29 is 8.42 Å². The lowest BCUT2D eigenvalue weighted by Gasteiger charge is -2.13. The summed E-state index contributed by atoms with van der Waals surface area (Å²) in [6, 6.07) is 5.75. The Balaban J connectivity index is 2.13. The van der Waals surface area contributed by atoms with Gasteiger partial charge in [-0.15, -0.1) is 0 Å². The van der Waals surface area contributed by atoms with Gasteiger partial charge in [-0.2, -0.15) is 12.7 Å². The zero-order valence-corrected chi connectivity index (χ0v) is 15.1. The highest BCUT2D eigenvalue weighted by atomic mass is 35.5. The molecular weight excluding hydrogens is 345 g/mol. The fourth-order valence-corrected chi connectivity index (χ4v) is 3.37. The molecular formula is C14H19Cl2N3O2S. The summed E-state index contributed by atoms with van der Waals surface area (Å²) < 4.78 is 29.0. The molecule has 1 heterocycles. The molecule has 1 N–H and O–H groups in total. The summed E-state index contributed by atoms with van der Waals surface area (Å²) in [5.41, 5.74) is 1.96. The van der Waals surface area contributed by atoms with Gasteiger partial charge in [0.25, 0.3) is 10.2 Å². The van der Waals surface area contributed by atoms with Crippen LogP contribution in [0.1, 0.15) is 12.1 Å². The number of aromatic nitrogens is 1. The van der Waals surface area contributed by atoms with Crippen LogP contribution in [-0.2, 0) is 16.8 Å². The standard InChI is InChI=1S/C14H19Cl2N3O2S/c1-10-9-11-5-6-12(15)13(16)14(11)19(10)8-4-7-17-22(20,21)18(2)3/h5-6,9,17H,4,7-8H2,1-3H3. The SMILES string of the molecule is Cc1cc2ccc(Cl)c(Cl)c2n1CCCNS(=O)(=O)N(C)C. The summed E-state index contributed by atoms with van der Waals surface area (Å²) in [4.78, 5) is 0. The third-order valence-electron chi connectivity index (χ3n) is 3.48. The van der Waals surface area contributed by atoms with Gasteiger partial charge in [-0.05, 0) is 25.5 Å². The molecule has 0 aliphatic carbocycles. The quantitative estimate of drug-likeness (QED) is 0.801. The Morgan fingerprint density at radius 2 is 1.95 bits per heavy atom. The van der Waals surface area contributed by atoms with Crippen molar-refractivity contribution in [3.05, 3.63) is 33.9 Å². The molecule has 0 atom stereocenters. The minimum atomic E-state index is -3.38. The van der Waals surface area contributed by atoms with Crippen LogP contribution in [0.4, 0.5) is 0 Å². The molecule has 122 valence electrons. The van der Waals surface area contributed by atoms with Crippen LogP contribution >= 0.6 is 23.2 Å². The summed E-state index contributed by atoms with van der Waals surface area (Å²) in [7, 11) is -0.392. The number of nitrogens with zero attached hydrogens (tertiary/aromatic N) is 2. The Morgan fingerprint density at radius 1 is 1.27 bits per heavy atom. The molecule has 0 bridgehead atoms. The largest absolute Gasteiger partial charge is 0.344 e. The molecule has 5 nitrogen and oxygen atoms in total. The number of fused-ring (bicyclic) bond motifs is 1. The van der Waals surface area contributed by atoms with E-state index in [-0.39, 0.29) is 0 Å². The van der Waals surface area contributed by atoms with Crippen LogP contribution in [0.2, 0.25) is 10.0 Å². The first-order valence-electron chi connectivity index (χ1n) is 6.85. The maximum absolute atomic E-state index is 11.6. The van der Waals surface area contributed by atoms with Crippen molar-refractivity contribution in [3.63, 3.8) is 0 Å². The molecule has 0 amide bonds. The predicted molar refractivity (Wildman–Crippen MR) is 91.9 cm³/mol. The van der Waals surface area contributed by atoms with Crippen molar-refractivity contribution in [1.29, 1.82) is 0 Å². The highest BCUT2D eigenvalue weighted by Crippen LogP contribution is 2.32. The van der Waals surface area contributed by atoms with E-state index in [1.54, 1.807) is 6.07 Å². The first kappa shape index (κ1) is 17.6. The summed E-state index contributed by atoms with van der Waals surface area (Å²) in [6.45, 7) is 3.01. The van der Waals surface area contributed by atoms with E-state index in [4.69, 9.17) is 23.2 Å². The second-order valence-electron chi connectivity index (χ2n) is 5.27. The smallest absolute Gasteiger partial charge is 0.278 e. The molecule has 22 heavy (non-hydrogen) atoms. The van der Waals surface area contributed by atoms with Gasteiger partial charge >= 0.3 is 0 Å². The molecule has 2 rings (SSSR count). The molecule has 0 radical (unpaired) electrons. The highest BCUT2D eigenvalue weighted by Gasteiger charge is 2.13. The Labute approximate surface area is 141 Å². The summed E-state index contributed by atoms with van der Waals surface area (Å²) in [5, 5.41) is 2.07. The van der Waals surface area contributed by atoms with Gasteiger partial charge in [0.15, 0.2) is 0 Å². The number of hydrogen-bond donors (Lipinski definition) is 1.